The second kappa shape index (κ2) is 16.3. The zero-order valence-corrected chi connectivity index (χ0v) is 19.4. The molecule has 4 atom stereocenters. The zero-order chi connectivity index (χ0) is 25.7. The molecule has 1 heterocycles. The van der Waals surface area contributed by atoms with Crippen LogP contribution >= 0.6 is 0 Å². The van der Waals surface area contributed by atoms with Crippen LogP contribution in [0.1, 0.15) is 0 Å². The first-order valence-corrected chi connectivity index (χ1v) is 11.3. The van der Waals surface area contributed by atoms with E-state index in [-0.39, 0.29) is 65.4 Å². The third-order valence-corrected chi connectivity index (χ3v) is 6.11. The lowest BCUT2D eigenvalue weighted by Gasteiger charge is -2.39. The summed E-state index contributed by atoms with van der Waals surface area (Å²) >= 11 is 0. The topological polar surface area (TPSA) is 209 Å². The minimum atomic E-state index is -1.24. The summed E-state index contributed by atoms with van der Waals surface area (Å²) in [4.78, 5) is 29.4. The fraction of sp³-hybridized carbons (Fsp3) is 0.900. The van der Waals surface area contributed by atoms with Gasteiger partial charge in [-0.25, -0.2) is 0 Å². The molecule has 0 amide bonds. The van der Waals surface area contributed by atoms with Crippen molar-refractivity contribution in [2.75, 3.05) is 91.9 Å². The van der Waals surface area contributed by atoms with Gasteiger partial charge in [-0.1, -0.05) is 0 Å². The summed E-state index contributed by atoms with van der Waals surface area (Å²) in [6.45, 7) is -0.753. The summed E-state index contributed by atoms with van der Waals surface area (Å²) in [7, 11) is 0. The number of carbonyl (C=O) groups is 2. The molecule has 1 fully saturated rings. The van der Waals surface area contributed by atoms with Gasteiger partial charge in [0.15, 0.2) is 0 Å². The minimum absolute atomic E-state index is 0.235. The zero-order valence-electron chi connectivity index (χ0n) is 19.4. The third-order valence-electron chi connectivity index (χ3n) is 6.11. The number of nitrogens with zero attached hydrogens (tertiary/aromatic N) is 4. The fourth-order valence-corrected chi connectivity index (χ4v) is 4.09. The van der Waals surface area contributed by atoms with Crippen LogP contribution in [0.3, 0.4) is 0 Å². The van der Waals surface area contributed by atoms with Crippen LogP contribution in [0, 0.1) is 0 Å². The first-order valence-electron chi connectivity index (χ1n) is 11.3. The molecule has 0 aromatic carbocycles. The van der Waals surface area contributed by atoms with Gasteiger partial charge in [0.05, 0.1) is 63.8 Å². The molecular weight excluding hydrogens is 456 g/mol. The molecule has 14 nitrogen and oxygen atoms in total. The molecule has 0 bridgehead atoms. The van der Waals surface area contributed by atoms with E-state index >= 15 is 0 Å². The maximum absolute atomic E-state index is 11.4. The monoisotopic (exact) mass is 496 g/mol. The molecular formula is C20H40N4O10. The standard InChI is InChI=1S/C20H40N4O10/c25-11-15(17(29)13-27)23-5-1-21(9-19(31)32)2-6-24(16(12-26)18(30)14-28)8-4-22(3-7-23)10-20(33)34/h15-18,25-30H,1-14H2,(H,31,32)(H,33,34)/t15?,16?,17-,18+. The minimum Gasteiger partial charge on any atom is -0.480 e. The van der Waals surface area contributed by atoms with E-state index < -0.39 is 62.7 Å². The molecule has 1 aliphatic rings. The summed E-state index contributed by atoms with van der Waals surface area (Å²) in [6, 6.07) is -1.64. The van der Waals surface area contributed by atoms with Gasteiger partial charge in [-0.3, -0.25) is 29.2 Å². The van der Waals surface area contributed by atoms with Crippen molar-refractivity contribution in [2.24, 2.45) is 0 Å². The molecule has 8 N–H and O–H groups in total. The van der Waals surface area contributed by atoms with Gasteiger partial charge >= 0.3 is 11.9 Å². The highest BCUT2D eigenvalue weighted by molar-refractivity contribution is 5.69. The molecule has 0 aliphatic carbocycles. The molecule has 34 heavy (non-hydrogen) atoms. The molecule has 0 radical (unpaired) electrons. The third kappa shape index (κ3) is 10.4. The van der Waals surface area contributed by atoms with Gasteiger partial charge in [0.25, 0.3) is 0 Å². The number of hydrogen-bond donors (Lipinski definition) is 8. The lowest BCUT2D eigenvalue weighted by molar-refractivity contribution is -0.139. The molecule has 1 saturated heterocycles. The summed E-state index contributed by atoms with van der Waals surface area (Å²) in [5.41, 5.74) is 0. The number of carboxylic acid groups (broad SMARTS) is 2. The highest BCUT2D eigenvalue weighted by Crippen LogP contribution is 2.10. The Morgan fingerprint density at radius 1 is 0.559 bits per heavy atom. The van der Waals surface area contributed by atoms with Crippen molar-refractivity contribution in [1.82, 2.24) is 19.6 Å². The van der Waals surface area contributed by atoms with Gasteiger partial charge in [-0.05, 0) is 0 Å². The fourth-order valence-electron chi connectivity index (χ4n) is 4.09. The number of aliphatic hydroxyl groups excluding tert-OH is 6. The van der Waals surface area contributed by atoms with E-state index in [0.29, 0.717) is 0 Å². The van der Waals surface area contributed by atoms with Crippen LogP contribution in [-0.2, 0) is 9.59 Å². The Balaban J connectivity index is 3.18. The smallest absolute Gasteiger partial charge is 0.317 e. The SMILES string of the molecule is O=C(O)CN1CCN(C(CO)[C@H](O)CO)CCN(CC(=O)O)CCN(C(CO)[C@@H](O)CO)CC1. The van der Waals surface area contributed by atoms with Crippen LogP contribution in [0.4, 0.5) is 0 Å². The number of rotatable bonds is 12. The molecule has 0 aromatic heterocycles. The van der Waals surface area contributed by atoms with Crippen LogP contribution in [0.2, 0.25) is 0 Å². The molecule has 0 aromatic rings. The second-order valence-electron chi connectivity index (χ2n) is 8.41. The molecule has 2 unspecified atom stereocenters. The van der Waals surface area contributed by atoms with Crippen LogP contribution in [0.25, 0.3) is 0 Å². The normalized spacial score (nSPS) is 22.3. The van der Waals surface area contributed by atoms with E-state index in [0.717, 1.165) is 0 Å². The van der Waals surface area contributed by atoms with Crippen molar-refractivity contribution in [3.63, 3.8) is 0 Å². The van der Waals surface area contributed by atoms with Crippen molar-refractivity contribution >= 4 is 11.9 Å². The average molecular weight is 497 g/mol. The van der Waals surface area contributed by atoms with E-state index in [4.69, 9.17) is 0 Å². The highest BCUT2D eigenvalue weighted by atomic mass is 16.4. The van der Waals surface area contributed by atoms with Gasteiger partial charge in [0, 0.05) is 52.4 Å². The number of aliphatic hydroxyl groups is 6. The molecule has 1 rings (SSSR count). The predicted molar refractivity (Wildman–Crippen MR) is 119 cm³/mol. The predicted octanol–water partition coefficient (Wildman–Crippen LogP) is -5.19. The van der Waals surface area contributed by atoms with E-state index in [1.165, 1.54) is 0 Å². The maximum Gasteiger partial charge on any atom is 0.317 e. The Kier molecular flexibility index (Phi) is 14.6. The van der Waals surface area contributed by atoms with Gasteiger partial charge in [0.2, 0.25) is 0 Å². The molecule has 200 valence electrons. The van der Waals surface area contributed by atoms with Gasteiger partial charge in [-0.2, -0.15) is 0 Å². The summed E-state index contributed by atoms with van der Waals surface area (Å²) in [5, 5.41) is 77.2. The largest absolute Gasteiger partial charge is 0.480 e. The lowest BCUT2D eigenvalue weighted by atomic mass is 10.1. The van der Waals surface area contributed by atoms with Crippen LogP contribution in [0.5, 0.6) is 0 Å². The van der Waals surface area contributed by atoms with E-state index in [1.807, 2.05) is 0 Å². The van der Waals surface area contributed by atoms with E-state index in [9.17, 15) is 50.4 Å². The number of carboxylic acids is 2. The Hall–Kier alpha value is -1.46. The Morgan fingerprint density at radius 2 is 0.853 bits per heavy atom. The van der Waals surface area contributed by atoms with Crippen molar-refractivity contribution in [3.05, 3.63) is 0 Å². The first-order chi connectivity index (χ1) is 16.2. The Labute approximate surface area is 198 Å². The maximum atomic E-state index is 11.4. The molecule has 0 spiro atoms. The molecule has 14 heteroatoms. The van der Waals surface area contributed by atoms with Crippen molar-refractivity contribution in [2.45, 2.75) is 24.3 Å². The summed E-state index contributed by atoms with van der Waals surface area (Å²) in [6.07, 6.45) is -2.47. The van der Waals surface area contributed by atoms with Gasteiger partial charge < -0.3 is 40.9 Å². The quantitative estimate of drug-likeness (QED) is 0.127. The molecule has 1 aliphatic heterocycles. The van der Waals surface area contributed by atoms with Crippen LogP contribution in [0.15, 0.2) is 0 Å². The lowest BCUT2D eigenvalue weighted by Crippen LogP contribution is -2.56. The van der Waals surface area contributed by atoms with Crippen molar-refractivity contribution < 1.29 is 50.4 Å². The average Bonchev–Trinajstić information content (AvgIpc) is 2.79. The molecule has 0 saturated carbocycles. The summed E-state index contributed by atoms with van der Waals surface area (Å²) in [5.74, 6) is -2.11. The van der Waals surface area contributed by atoms with Crippen molar-refractivity contribution in [3.8, 4) is 0 Å². The van der Waals surface area contributed by atoms with Gasteiger partial charge in [-0.15, -0.1) is 0 Å². The highest BCUT2D eigenvalue weighted by Gasteiger charge is 2.29. The van der Waals surface area contributed by atoms with Crippen LogP contribution in [-0.4, -0.2) is 189 Å². The Morgan fingerprint density at radius 3 is 1.06 bits per heavy atom. The van der Waals surface area contributed by atoms with Crippen LogP contribution < -0.4 is 0 Å². The van der Waals surface area contributed by atoms with Gasteiger partial charge in [0.1, 0.15) is 0 Å². The Bertz CT molecular complexity index is 536. The second-order valence-corrected chi connectivity index (χ2v) is 8.41. The van der Waals surface area contributed by atoms with E-state index in [2.05, 4.69) is 0 Å². The van der Waals surface area contributed by atoms with E-state index in [1.54, 1.807) is 19.6 Å². The summed E-state index contributed by atoms with van der Waals surface area (Å²) < 4.78 is 0. The number of aliphatic carboxylic acids is 2. The first kappa shape index (κ1) is 30.6. The van der Waals surface area contributed by atoms with Crippen molar-refractivity contribution in [1.29, 1.82) is 0 Å². The number of hydrogen-bond acceptors (Lipinski definition) is 12.